The number of anilines is 1. The molecule has 1 unspecified atom stereocenters. The van der Waals surface area contributed by atoms with Gasteiger partial charge in [0.25, 0.3) is 0 Å². The average Bonchev–Trinajstić information content (AvgIpc) is 2.89. The van der Waals surface area contributed by atoms with Gasteiger partial charge < -0.3 is 19.6 Å². The number of piperidine rings is 1. The molecule has 2 amide bonds. The summed E-state index contributed by atoms with van der Waals surface area (Å²) >= 11 is 0. The van der Waals surface area contributed by atoms with Crippen LogP contribution in [0.15, 0.2) is 12.1 Å². The average molecular weight is 474 g/mol. The summed E-state index contributed by atoms with van der Waals surface area (Å²) in [5, 5.41) is 9.01. The van der Waals surface area contributed by atoms with Gasteiger partial charge in [-0.15, -0.1) is 0 Å². The van der Waals surface area contributed by atoms with Crippen LogP contribution in [0.4, 0.5) is 23.2 Å². The largest absolute Gasteiger partial charge is 0.479 e. The van der Waals surface area contributed by atoms with Crippen molar-refractivity contribution in [3.63, 3.8) is 0 Å². The smallest absolute Gasteiger partial charge is 0.406 e. The lowest BCUT2D eigenvalue weighted by molar-refractivity contribution is -0.144. The van der Waals surface area contributed by atoms with Gasteiger partial charge in [0.05, 0.1) is 11.1 Å². The van der Waals surface area contributed by atoms with E-state index in [0.717, 1.165) is 12.1 Å². The van der Waals surface area contributed by atoms with E-state index in [1.54, 1.807) is 20.8 Å². The van der Waals surface area contributed by atoms with Gasteiger partial charge in [-0.2, -0.15) is 13.2 Å². The lowest BCUT2D eigenvalue weighted by atomic mass is 9.73. The molecule has 2 aliphatic heterocycles. The van der Waals surface area contributed by atoms with E-state index in [0.29, 0.717) is 4.90 Å². The Hall–Kier alpha value is -2.85. The molecule has 0 aliphatic carbocycles. The second-order valence-corrected chi connectivity index (χ2v) is 9.53. The monoisotopic (exact) mass is 474 g/mol. The Balaban J connectivity index is 2.03. The minimum atomic E-state index is -4.75. The summed E-state index contributed by atoms with van der Waals surface area (Å²) in [6, 6.07) is 1.96. The predicted molar refractivity (Wildman–Crippen MR) is 109 cm³/mol. The fourth-order valence-electron chi connectivity index (χ4n) is 4.42. The molecule has 0 aromatic heterocycles. The van der Waals surface area contributed by atoms with Crippen molar-refractivity contribution >= 4 is 23.5 Å². The Bertz CT molecular complexity index is 978. The number of carbonyl (C=O) groups excluding carboxylic acids is 2. The zero-order chi connectivity index (χ0) is 24.9. The molecule has 182 valence electrons. The predicted octanol–water partition coefficient (Wildman–Crippen LogP) is 3.49. The van der Waals surface area contributed by atoms with Gasteiger partial charge in [-0.3, -0.25) is 9.59 Å². The quantitative estimate of drug-likeness (QED) is 0.676. The van der Waals surface area contributed by atoms with Gasteiger partial charge in [0, 0.05) is 36.2 Å². The maximum atomic E-state index is 15.3. The van der Waals surface area contributed by atoms with Crippen molar-refractivity contribution in [2.75, 3.05) is 24.5 Å². The first-order chi connectivity index (χ1) is 15.1. The molecule has 0 bridgehead atoms. The number of carboxylic acids is 1. The first-order valence-electron chi connectivity index (χ1n) is 10.5. The van der Waals surface area contributed by atoms with Crippen molar-refractivity contribution in [3.05, 3.63) is 23.5 Å². The molecule has 1 aromatic rings. The fourth-order valence-corrected chi connectivity index (χ4v) is 4.42. The third-order valence-corrected chi connectivity index (χ3v) is 6.01. The Kier molecular flexibility index (Phi) is 6.14. The lowest BCUT2D eigenvalue weighted by Crippen LogP contribution is -2.53. The highest BCUT2D eigenvalue weighted by molar-refractivity contribution is 6.08. The normalized spacial score (nSPS) is 19.0. The van der Waals surface area contributed by atoms with E-state index >= 15 is 4.39 Å². The second-order valence-electron chi connectivity index (χ2n) is 9.53. The molecule has 33 heavy (non-hydrogen) atoms. The van der Waals surface area contributed by atoms with Crippen LogP contribution < -0.4 is 9.64 Å². The maximum Gasteiger partial charge on any atom is 0.406 e. The van der Waals surface area contributed by atoms with E-state index in [1.807, 2.05) is 0 Å². The number of benzene rings is 1. The Morgan fingerprint density at radius 2 is 1.76 bits per heavy atom. The highest BCUT2D eigenvalue weighted by Crippen LogP contribution is 2.51. The molecule has 11 heteroatoms. The standard InChI is InChI=1S/C22H26F4N2O5/c1-12(17(29)30)33-13-9-14(23)16-15(10-13)28(11-22(24,25)26)19(32)21(16)5-7-27(8-6-21)18(31)20(2,3)4/h9-10,12H,5-8,11H2,1-4H3,(H,29,30). The Morgan fingerprint density at radius 1 is 1.18 bits per heavy atom. The fraction of sp³-hybridized carbons (Fsp3) is 0.591. The first-order valence-corrected chi connectivity index (χ1v) is 10.5. The molecule has 1 spiro atoms. The number of fused-ring (bicyclic) bond motifs is 2. The van der Waals surface area contributed by atoms with Crippen LogP contribution in [0.2, 0.25) is 0 Å². The van der Waals surface area contributed by atoms with Gasteiger partial charge in [0.15, 0.2) is 6.10 Å². The highest BCUT2D eigenvalue weighted by Gasteiger charge is 2.56. The van der Waals surface area contributed by atoms with Crippen molar-refractivity contribution in [2.45, 2.75) is 58.2 Å². The maximum absolute atomic E-state index is 15.3. The summed E-state index contributed by atoms with van der Waals surface area (Å²) < 4.78 is 60.3. The number of hydrogen-bond donors (Lipinski definition) is 1. The van der Waals surface area contributed by atoms with E-state index in [1.165, 1.54) is 11.8 Å². The van der Waals surface area contributed by atoms with Crippen molar-refractivity contribution in [1.29, 1.82) is 0 Å². The number of ether oxygens (including phenoxy) is 1. The number of alkyl halides is 3. The molecular weight excluding hydrogens is 448 g/mol. The van der Waals surface area contributed by atoms with Gasteiger partial charge in [0.2, 0.25) is 11.8 Å². The third kappa shape index (κ3) is 4.63. The van der Waals surface area contributed by atoms with Gasteiger partial charge in [-0.1, -0.05) is 20.8 Å². The summed E-state index contributed by atoms with van der Waals surface area (Å²) in [5.41, 5.74) is -2.69. The van der Waals surface area contributed by atoms with Crippen molar-refractivity contribution < 1.29 is 41.8 Å². The number of amides is 2. The van der Waals surface area contributed by atoms with Crippen LogP contribution in [0.25, 0.3) is 0 Å². The summed E-state index contributed by atoms with van der Waals surface area (Å²) in [4.78, 5) is 39.0. The van der Waals surface area contributed by atoms with Crippen LogP contribution in [-0.2, 0) is 19.8 Å². The van der Waals surface area contributed by atoms with Crippen molar-refractivity contribution in [3.8, 4) is 5.75 Å². The zero-order valence-electron chi connectivity index (χ0n) is 18.8. The second kappa shape index (κ2) is 8.18. The third-order valence-electron chi connectivity index (χ3n) is 6.01. The van der Waals surface area contributed by atoms with Crippen LogP contribution in [0.1, 0.15) is 46.1 Å². The van der Waals surface area contributed by atoms with E-state index in [-0.39, 0.29) is 48.8 Å². The van der Waals surface area contributed by atoms with Crippen molar-refractivity contribution in [1.82, 2.24) is 4.90 Å². The minimum Gasteiger partial charge on any atom is -0.479 e. The van der Waals surface area contributed by atoms with Crippen LogP contribution in [0.3, 0.4) is 0 Å². The zero-order valence-corrected chi connectivity index (χ0v) is 18.8. The molecule has 0 saturated carbocycles. The first kappa shape index (κ1) is 24.8. The number of carbonyl (C=O) groups is 3. The van der Waals surface area contributed by atoms with Gasteiger partial charge in [0.1, 0.15) is 18.1 Å². The van der Waals surface area contributed by atoms with Gasteiger partial charge in [-0.05, 0) is 19.8 Å². The summed E-state index contributed by atoms with van der Waals surface area (Å²) in [6.45, 7) is 4.96. The van der Waals surface area contributed by atoms with E-state index in [4.69, 9.17) is 9.84 Å². The molecule has 1 aromatic carbocycles. The summed E-state index contributed by atoms with van der Waals surface area (Å²) in [5.74, 6) is -3.64. The molecule has 1 atom stereocenters. The molecule has 3 rings (SSSR count). The van der Waals surface area contributed by atoms with Gasteiger partial charge >= 0.3 is 12.1 Å². The molecule has 1 fully saturated rings. The van der Waals surface area contributed by atoms with E-state index < -0.39 is 47.3 Å². The minimum absolute atomic E-state index is 0.0301. The number of halogens is 4. The van der Waals surface area contributed by atoms with Crippen LogP contribution in [-0.4, -0.2) is 59.7 Å². The van der Waals surface area contributed by atoms with E-state index in [2.05, 4.69) is 0 Å². The van der Waals surface area contributed by atoms with Crippen LogP contribution in [0, 0.1) is 11.2 Å². The lowest BCUT2D eigenvalue weighted by Gasteiger charge is -2.40. The number of likely N-dealkylation sites (tertiary alicyclic amines) is 1. The molecule has 0 radical (unpaired) electrons. The van der Waals surface area contributed by atoms with Crippen molar-refractivity contribution in [2.24, 2.45) is 5.41 Å². The number of carboxylic acid groups (broad SMARTS) is 1. The van der Waals surface area contributed by atoms with Crippen LogP contribution >= 0.6 is 0 Å². The molecule has 7 nitrogen and oxygen atoms in total. The number of hydrogen-bond acceptors (Lipinski definition) is 4. The number of nitrogens with zero attached hydrogens (tertiary/aromatic N) is 2. The topological polar surface area (TPSA) is 87.2 Å². The summed E-state index contributed by atoms with van der Waals surface area (Å²) in [7, 11) is 0. The molecular formula is C22H26F4N2O5. The molecule has 1 N–H and O–H groups in total. The SMILES string of the molecule is CC(Oc1cc(F)c2c(c1)N(CC(F)(F)F)C(=O)C21CCN(C(=O)C(C)(C)C)CC1)C(=O)O. The summed E-state index contributed by atoms with van der Waals surface area (Å²) in [6.07, 6.45) is -6.19. The Labute approximate surface area is 188 Å². The van der Waals surface area contributed by atoms with Crippen LogP contribution in [0.5, 0.6) is 5.75 Å². The molecule has 2 aliphatic rings. The number of aliphatic carboxylic acids is 1. The van der Waals surface area contributed by atoms with E-state index in [9.17, 15) is 27.6 Å². The molecule has 2 heterocycles. The van der Waals surface area contributed by atoms with Gasteiger partial charge in [-0.25, -0.2) is 9.18 Å². The highest BCUT2D eigenvalue weighted by atomic mass is 19.4. The molecule has 1 saturated heterocycles. The Morgan fingerprint density at radius 3 is 2.24 bits per heavy atom. The number of rotatable bonds is 4.